The van der Waals surface area contributed by atoms with E-state index in [0.29, 0.717) is 16.4 Å². The summed E-state index contributed by atoms with van der Waals surface area (Å²) in [5.74, 6) is -0.374. The van der Waals surface area contributed by atoms with Crippen molar-refractivity contribution in [3.05, 3.63) is 38.0 Å². The highest BCUT2D eigenvalue weighted by molar-refractivity contribution is 7.12. The van der Waals surface area contributed by atoms with Gasteiger partial charge in [-0.15, -0.1) is 22.7 Å². The molecule has 21 heavy (non-hydrogen) atoms. The topological polar surface area (TPSA) is 85.1 Å². The molecule has 5 nitrogen and oxygen atoms in total. The van der Waals surface area contributed by atoms with Crippen molar-refractivity contribution in [2.45, 2.75) is 32.7 Å². The molecule has 2 amide bonds. The predicted molar refractivity (Wildman–Crippen MR) is 84.9 cm³/mol. The lowest BCUT2D eigenvalue weighted by atomic mass is 10.2. The molecule has 2 rings (SSSR count). The zero-order valence-corrected chi connectivity index (χ0v) is 13.7. The van der Waals surface area contributed by atoms with Gasteiger partial charge in [0.05, 0.1) is 27.2 Å². The number of nitrogens with two attached hydrogens (primary N) is 1. The lowest BCUT2D eigenvalue weighted by molar-refractivity contribution is 0.0943. The van der Waals surface area contributed by atoms with Crippen molar-refractivity contribution in [3.8, 4) is 0 Å². The Morgan fingerprint density at radius 1 is 1.24 bits per heavy atom. The molecule has 0 fully saturated rings. The summed E-state index contributed by atoms with van der Waals surface area (Å²) < 4.78 is 0. The van der Waals surface area contributed by atoms with Crippen LogP contribution in [-0.2, 0) is 0 Å². The molecular weight excluding hydrogens is 306 g/mol. The number of hydrogen-bond acceptors (Lipinski definition) is 5. The van der Waals surface area contributed by atoms with Crippen LogP contribution in [0.2, 0.25) is 0 Å². The van der Waals surface area contributed by atoms with E-state index in [2.05, 4.69) is 24.1 Å². The minimum atomic E-state index is -0.528. The van der Waals surface area contributed by atoms with Gasteiger partial charge in [0.25, 0.3) is 5.91 Å². The zero-order valence-electron chi connectivity index (χ0n) is 12.0. The lowest BCUT2D eigenvalue weighted by Crippen LogP contribution is -2.26. The molecule has 0 aliphatic rings. The molecule has 3 N–H and O–H groups in total. The van der Waals surface area contributed by atoms with Crippen molar-refractivity contribution in [2.75, 3.05) is 0 Å². The Morgan fingerprint density at radius 2 is 1.95 bits per heavy atom. The molecule has 7 heteroatoms. The molecule has 0 saturated heterocycles. The quantitative estimate of drug-likeness (QED) is 0.887. The van der Waals surface area contributed by atoms with Crippen LogP contribution in [0.15, 0.2) is 16.8 Å². The Balaban J connectivity index is 2.05. The molecule has 0 aliphatic carbocycles. The van der Waals surface area contributed by atoms with Crippen molar-refractivity contribution >= 4 is 34.5 Å². The van der Waals surface area contributed by atoms with Gasteiger partial charge in [0, 0.05) is 16.7 Å². The third kappa shape index (κ3) is 3.68. The van der Waals surface area contributed by atoms with Gasteiger partial charge in [-0.05, 0) is 13.0 Å². The predicted octanol–water partition coefficient (Wildman–Crippen LogP) is 2.92. The Kier molecular flexibility index (Phi) is 4.74. The normalized spacial score (nSPS) is 12.4. The third-order valence-electron chi connectivity index (χ3n) is 2.93. The number of rotatable bonds is 5. The summed E-state index contributed by atoms with van der Waals surface area (Å²) in [6, 6.07) is 1.33. The van der Waals surface area contributed by atoms with E-state index in [1.165, 1.54) is 17.4 Å². The minimum absolute atomic E-state index is 0.180. The van der Waals surface area contributed by atoms with Gasteiger partial charge < -0.3 is 11.1 Å². The number of hydrogen-bond donors (Lipinski definition) is 2. The lowest BCUT2D eigenvalue weighted by Gasteiger charge is -2.10. The van der Waals surface area contributed by atoms with E-state index in [0.717, 1.165) is 10.7 Å². The number of carbonyl (C=O) groups is 2. The molecule has 2 aromatic heterocycles. The van der Waals surface area contributed by atoms with Crippen LogP contribution in [0, 0.1) is 0 Å². The summed E-state index contributed by atoms with van der Waals surface area (Å²) >= 11 is 2.80. The maximum absolute atomic E-state index is 12.1. The number of amides is 2. The first-order chi connectivity index (χ1) is 9.88. The molecule has 0 aliphatic heterocycles. The van der Waals surface area contributed by atoms with E-state index in [-0.39, 0.29) is 11.9 Å². The molecule has 0 unspecified atom stereocenters. The maximum Gasteiger partial charge on any atom is 0.261 e. The van der Waals surface area contributed by atoms with Gasteiger partial charge >= 0.3 is 0 Å². The number of thiophene rings is 1. The minimum Gasteiger partial charge on any atom is -0.366 e. The average Bonchev–Trinajstić information content (AvgIpc) is 3.08. The maximum atomic E-state index is 12.1. The Hall–Kier alpha value is -1.73. The molecule has 0 saturated carbocycles. The zero-order chi connectivity index (χ0) is 15.6. The highest BCUT2D eigenvalue weighted by Crippen LogP contribution is 2.23. The number of thiazole rings is 1. The van der Waals surface area contributed by atoms with E-state index in [1.54, 1.807) is 16.7 Å². The van der Waals surface area contributed by atoms with Crippen LogP contribution >= 0.6 is 22.7 Å². The molecule has 0 radical (unpaired) electrons. The molecule has 1 atom stereocenters. The highest BCUT2D eigenvalue weighted by Gasteiger charge is 2.17. The number of aromatic nitrogens is 1. The monoisotopic (exact) mass is 323 g/mol. The first-order valence-corrected chi connectivity index (χ1v) is 8.29. The van der Waals surface area contributed by atoms with E-state index < -0.39 is 5.91 Å². The van der Waals surface area contributed by atoms with Crippen LogP contribution in [0.4, 0.5) is 0 Å². The molecule has 112 valence electrons. The molecule has 0 bridgehead atoms. The average molecular weight is 323 g/mol. The molecule has 0 spiro atoms. The molecule has 0 aromatic carbocycles. The van der Waals surface area contributed by atoms with E-state index in [9.17, 15) is 9.59 Å². The summed E-state index contributed by atoms with van der Waals surface area (Å²) in [6.07, 6.45) is 0. The van der Waals surface area contributed by atoms with Crippen molar-refractivity contribution in [1.29, 1.82) is 0 Å². The van der Waals surface area contributed by atoms with Gasteiger partial charge in [0.15, 0.2) is 0 Å². The van der Waals surface area contributed by atoms with Crippen LogP contribution in [0.3, 0.4) is 0 Å². The summed E-state index contributed by atoms with van der Waals surface area (Å²) in [4.78, 5) is 28.2. The number of nitrogens with zero attached hydrogens (tertiary/aromatic N) is 1. The Morgan fingerprint density at radius 3 is 2.48 bits per heavy atom. The SMILES string of the molecule is CC(C)c1nc([C@H](C)NC(=O)c2cc(C(N)=O)cs2)cs1. The van der Waals surface area contributed by atoms with Crippen LogP contribution in [0.1, 0.15) is 63.5 Å². The second-order valence-electron chi connectivity index (χ2n) is 5.02. The van der Waals surface area contributed by atoms with Crippen LogP contribution in [0.5, 0.6) is 0 Å². The summed E-state index contributed by atoms with van der Waals surface area (Å²) in [5.41, 5.74) is 6.38. The second kappa shape index (κ2) is 6.36. The molecular formula is C14H17N3O2S2. The second-order valence-corrected chi connectivity index (χ2v) is 6.83. The fourth-order valence-electron chi connectivity index (χ4n) is 1.69. The standard InChI is InChI=1S/C14H17N3O2S2/c1-7(2)14-17-10(6-21-14)8(3)16-13(19)11-4-9(5-20-11)12(15)18/h4-8H,1-3H3,(H2,15,18)(H,16,19)/t8-/m0/s1. The molecule has 2 aromatic rings. The van der Waals surface area contributed by atoms with Gasteiger partial charge in [0.2, 0.25) is 5.91 Å². The van der Waals surface area contributed by atoms with Gasteiger partial charge in [-0.1, -0.05) is 13.8 Å². The van der Waals surface area contributed by atoms with Gasteiger partial charge in [-0.2, -0.15) is 0 Å². The van der Waals surface area contributed by atoms with Gasteiger partial charge in [-0.25, -0.2) is 4.98 Å². The fourth-order valence-corrected chi connectivity index (χ4v) is 3.42. The van der Waals surface area contributed by atoms with Crippen molar-refractivity contribution in [2.24, 2.45) is 5.73 Å². The van der Waals surface area contributed by atoms with Crippen LogP contribution < -0.4 is 11.1 Å². The van der Waals surface area contributed by atoms with Crippen molar-refractivity contribution in [3.63, 3.8) is 0 Å². The summed E-state index contributed by atoms with van der Waals surface area (Å²) in [5, 5.41) is 7.48. The van der Waals surface area contributed by atoms with Crippen LogP contribution in [0.25, 0.3) is 0 Å². The first kappa shape index (κ1) is 15.7. The van der Waals surface area contributed by atoms with Gasteiger partial charge in [0.1, 0.15) is 0 Å². The smallest absolute Gasteiger partial charge is 0.261 e. The van der Waals surface area contributed by atoms with E-state index >= 15 is 0 Å². The van der Waals surface area contributed by atoms with Gasteiger partial charge in [-0.3, -0.25) is 9.59 Å². The third-order valence-corrected chi connectivity index (χ3v) is 5.03. The van der Waals surface area contributed by atoms with Crippen molar-refractivity contribution in [1.82, 2.24) is 10.3 Å². The fraction of sp³-hybridized carbons (Fsp3) is 0.357. The largest absolute Gasteiger partial charge is 0.366 e. The highest BCUT2D eigenvalue weighted by atomic mass is 32.1. The molecule has 2 heterocycles. The number of nitrogens with one attached hydrogen (secondary N) is 1. The van der Waals surface area contributed by atoms with Crippen molar-refractivity contribution < 1.29 is 9.59 Å². The summed E-state index contributed by atoms with van der Waals surface area (Å²) in [7, 11) is 0. The summed E-state index contributed by atoms with van der Waals surface area (Å²) in [6.45, 7) is 6.06. The van der Waals surface area contributed by atoms with Crippen LogP contribution in [-0.4, -0.2) is 16.8 Å². The van der Waals surface area contributed by atoms with E-state index in [1.807, 2.05) is 12.3 Å². The Bertz CT molecular complexity index is 661. The first-order valence-electron chi connectivity index (χ1n) is 6.53. The number of carbonyl (C=O) groups excluding carboxylic acids is 2. The Labute approximate surface area is 131 Å². The number of primary amides is 1. The van der Waals surface area contributed by atoms with E-state index in [4.69, 9.17) is 5.73 Å².